The molecule has 5 atom stereocenters. The van der Waals surface area contributed by atoms with E-state index >= 15 is 0 Å². The molecule has 9 nitrogen and oxygen atoms in total. The van der Waals surface area contributed by atoms with Crippen molar-refractivity contribution >= 4 is 7.82 Å². The summed E-state index contributed by atoms with van der Waals surface area (Å²) in [7, 11) is -4.80. The first-order valence-electron chi connectivity index (χ1n) is 5.67. The number of aliphatic hydroxyl groups is 2. The monoisotopic (exact) mass is 300 g/mol. The number of phosphoric ester groups is 1. The van der Waals surface area contributed by atoms with Gasteiger partial charge in [-0.05, 0) is 13.8 Å². The molecule has 10 heteroatoms. The molecule has 0 aromatic carbocycles. The number of hydrogen-bond acceptors (Lipinski definition) is 7. The van der Waals surface area contributed by atoms with E-state index in [0.717, 1.165) is 0 Å². The molecule has 19 heavy (non-hydrogen) atoms. The summed E-state index contributed by atoms with van der Waals surface area (Å²) in [5, 5.41) is 18.5. The molecule has 2 aliphatic heterocycles. The van der Waals surface area contributed by atoms with Crippen molar-refractivity contribution in [3.05, 3.63) is 0 Å². The lowest BCUT2D eigenvalue weighted by atomic mass is 10.1. The number of aliphatic hydroxyl groups excluding tert-OH is 2. The number of ether oxygens (including phenoxy) is 3. The van der Waals surface area contributed by atoms with Crippen LogP contribution in [0.1, 0.15) is 13.8 Å². The highest BCUT2D eigenvalue weighted by Gasteiger charge is 2.58. The predicted octanol–water partition coefficient (Wildman–Crippen LogP) is -1.31. The van der Waals surface area contributed by atoms with Crippen LogP contribution in [0.25, 0.3) is 0 Å². The third-order valence-corrected chi connectivity index (χ3v) is 3.37. The third-order valence-electron chi connectivity index (χ3n) is 2.85. The molecular weight excluding hydrogens is 283 g/mol. The minimum atomic E-state index is -4.80. The Labute approximate surface area is 109 Å². The first-order chi connectivity index (χ1) is 8.63. The molecule has 0 aromatic heterocycles. The van der Waals surface area contributed by atoms with Gasteiger partial charge in [0.15, 0.2) is 12.1 Å². The van der Waals surface area contributed by atoms with E-state index in [0.29, 0.717) is 0 Å². The van der Waals surface area contributed by atoms with E-state index in [9.17, 15) is 9.67 Å². The summed E-state index contributed by atoms with van der Waals surface area (Å²) in [5.74, 6) is -0.985. The van der Waals surface area contributed by atoms with Crippen LogP contribution in [-0.2, 0) is 23.3 Å². The Morgan fingerprint density at radius 1 is 1.37 bits per heavy atom. The quantitative estimate of drug-likeness (QED) is 0.467. The maximum Gasteiger partial charge on any atom is 0.470 e. The molecule has 0 aromatic rings. The second kappa shape index (κ2) is 5.03. The summed E-state index contributed by atoms with van der Waals surface area (Å²) < 4.78 is 31.7. The lowest BCUT2D eigenvalue weighted by Gasteiger charge is -2.27. The fourth-order valence-corrected chi connectivity index (χ4v) is 2.75. The molecule has 0 bridgehead atoms. The molecule has 2 heterocycles. The second-order valence-electron chi connectivity index (χ2n) is 4.88. The van der Waals surface area contributed by atoms with Crippen molar-refractivity contribution in [2.75, 3.05) is 6.61 Å². The second-order valence-corrected chi connectivity index (χ2v) is 6.07. The third kappa shape index (κ3) is 3.33. The lowest BCUT2D eigenvalue weighted by molar-refractivity contribution is -0.226. The average Bonchev–Trinajstić information content (AvgIpc) is 2.70. The van der Waals surface area contributed by atoms with Crippen molar-refractivity contribution in [1.82, 2.24) is 0 Å². The average molecular weight is 300 g/mol. The number of phosphoric acid groups is 1. The largest absolute Gasteiger partial charge is 0.470 e. The Bertz CT molecular complexity index is 380. The van der Waals surface area contributed by atoms with Crippen LogP contribution in [-0.4, -0.2) is 63.1 Å². The molecule has 4 N–H and O–H groups in total. The van der Waals surface area contributed by atoms with Gasteiger partial charge in [0.25, 0.3) is 0 Å². The van der Waals surface area contributed by atoms with Crippen molar-refractivity contribution in [3.8, 4) is 0 Å². The molecule has 2 saturated heterocycles. The van der Waals surface area contributed by atoms with Crippen LogP contribution in [0.2, 0.25) is 0 Å². The van der Waals surface area contributed by atoms with Gasteiger partial charge in [-0.3, -0.25) is 4.52 Å². The van der Waals surface area contributed by atoms with Gasteiger partial charge in [-0.25, -0.2) is 4.57 Å². The molecule has 2 aliphatic rings. The standard InChI is InChI=1S/C9H17O9P/c1-9(2)16-7-6(18-19(12,13)14)5(4(11)3-10)15-8(7)17-9/h4-8,10-11H,3H2,1-2H3,(H2,12,13,14)/t4-,5-,6+,7-,8-/m1/s1. The van der Waals surface area contributed by atoms with Gasteiger partial charge < -0.3 is 34.2 Å². The topological polar surface area (TPSA) is 135 Å². The van der Waals surface area contributed by atoms with Crippen LogP contribution in [0.5, 0.6) is 0 Å². The van der Waals surface area contributed by atoms with Gasteiger partial charge in [-0.15, -0.1) is 0 Å². The van der Waals surface area contributed by atoms with Gasteiger partial charge in [-0.2, -0.15) is 0 Å². The number of fused-ring (bicyclic) bond motifs is 1. The maximum absolute atomic E-state index is 11.0. The molecular formula is C9H17O9P. The predicted molar refractivity (Wildman–Crippen MR) is 58.7 cm³/mol. The zero-order valence-corrected chi connectivity index (χ0v) is 11.3. The van der Waals surface area contributed by atoms with Gasteiger partial charge in [0, 0.05) is 0 Å². The van der Waals surface area contributed by atoms with Gasteiger partial charge in [-0.1, -0.05) is 0 Å². The Morgan fingerprint density at radius 3 is 2.53 bits per heavy atom. The van der Waals surface area contributed by atoms with Crippen molar-refractivity contribution in [3.63, 3.8) is 0 Å². The van der Waals surface area contributed by atoms with Crippen LogP contribution < -0.4 is 0 Å². The normalized spacial score (nSPS) is 39.3. The van der Waals surface area contributed by atoms with Crippen LogP contribution >= 0.6 is 7.82 Å². The van der Waals surface area contributed by atoms with Crippen molar-refractivity contribution in [1.29, 1.82) is 0 Å². The fraction of sp³-hybridized carbons (Fsp3) is 1.00. The first-order valence-corrected chi connectivity index (χ1v) is 7.20. The minimum Gasteiger partial charge on any atom is -0.394 e. The Hall–Kier alpha value is -0.0900. The molecule has 2 rings (SSSR count). The van der Waals surface area contributed by atoms with E-state index in [1.165, 1.54) is 0 Å². The molecule has 0 spiro atoms. The van der Waals surface area contributed by atoms with Gasteiger partial charge in [0.2, 0.25) is 0 Å². The van der Waals surface area contributed by atoms with Gasteiger partial charge >= 0.3 is 7.82 Å². The van der Waals surface area contributed by atoms with E-state index in [-0.39, 0.29) is 0 Å². The Balaban J connectivity index is 2.18. The molecule has 0 radical (unpaired) electrons. The minimum absolute atomic E-state index is 0.644. The van der Waals surface area contributed by atoms with Crippen LogP contribution in [0, 0.1) is 0 Å². The molecule has 112 valence electrons. The molecule has 0 amide bonds. The molecule has 0 aliphatic carbocycles. The zero-order valence-electron chi connectivity index (χ0n) is 10.4. The smallest absolute Gasteiger partial charge is 0.394 e. The summed E-state index contributed by atoms with van der Waals surface area (Å²) in [4.78, 5) is 17.8. The van der Waals surface area contributed by atoms with Crippen LogP contribution in [0.4, 0.5) is 0 Å². The zero-order chi connectivity index (χ0) is 14.4. The summed E-state index contributed by atoms with van der Waals surface area (Å²) in [6.45, 7) is 2.58. The highest BCUT2D eigenvalue weighted by molar-refractivity contribution is 7.46. The fourth-order valence-electron chi connectivity index (χ4n) is 2.20. The van der Waals surface area contributed by atoms with E-state index in [2.05, 4.69) is 4.52 Å². The number of hydrogen-bond donors (Lipinski definition) is 4. The highest BCUT2D eigenvalue weighted by atomic mass is 31.2. The van der Waals surface area contributed by atoms with Gasteiger partial charge in [0.1, 0.15) is 24.4 Å². The van der Waals surface area contributed by atoms with Crippen molar-refractivity contribution in [2.45, 2.75) is 50.3 Å². The number of rotatable bonds is 4. The molecule has 2 fully saturated rings. The van der Waals surface area contributed by atoms with Crippen LogP contribution in [0.3, 0.4) is 0 Å². The molecule has 0 unspecified atom stereocenters. The molecule has 0 saturated carbocycles. The first kappa shape index (κ1) is 15.3. The van der Waals surface area contributed by atoms with Gasteiger partial charge in [0.05, 0.1) is 6.61 Å². The van der Waals surface area contributed by atoms with E-state index in [1.807, 2.05) is 0 Å². The Morgan fingerprint density at radius 2 is 2.00 bits per heavy atom. The Kier molecular flexibility index (Phi) is 4.05. The van der Waals surface area contributed by atoms with Crippen molar-refractivity contribution in [2.24, 2.45) is 0 Å². The maximum atomic E-state index is 11.0. The summed E-state index contributed by atoms with van der Waals surface area (Å²) in [6, 6.07) is 0. The summed E-state index contributed by atoms with van der Waals surface area (Å²) >= 11 is 0. The van der Waals surface area contributed by atoms with Crippen LogP contribution in [0.15, 0.2) is 0 Å². The highest BCUT2D eigenvalue weighted by Crippen LogP contribution is 2.46. The van der Waals surface area contributed by atoms with E-state index < -0.39 is 50.9 Å². The lowest BCUT2D eigenvalue weighted by Crippen LogP contribution is -2.43. The van der Waals surface area contributed by atoms with E-state index in [1.54, 1.807) is 13.8 Å². The SMILES string of the molecule is CC1(C)O[C@H]2O[C@H]([C@H](O)CO)[C@H](OP(=O)(O)O)[C@H]2O1. The van der Waals surface area contributed by atoms with Crippen molar-refractivity contribution < 1.29 is 43.3 Å². The van der Waals surface area contributed by atoms with E-state index in [4.69, 9.17) is 29.1 Å². The summed E-state index contributed by atoms with van der Waals surface area (Å²) in [6.07, 6.45) is -5.57. The summed E-state index contributed by atoms with van der Waals surface area (Å²) in [5.41, 5.74) is 0.